The van der Waals surface area contributed by atoms with E-state index in [9.17, 15) is 14.4 Å². The van der Waals surface area contributed by atoms with E-state index in [4.69, 9.17) is 0 Å². The number of amides is 3. The lowest BCUT2D eigenvalue weighted by atomic mass is 10.1. The van der Waals surface area contributed by atoms with Crippen molar-refractivity contribution in [2.24, 2.45) is 0 Å². The molecule has 3 amide bonds. The van der Waals surface area contributed by atoms with Crippen LogP contribution in [-0.2, 0) is 16.1 Å². The number of carbonyl (C=O) groups excluding carboxylic acids is 3. The maximum Gasteiger partial charge on any atom is 0.254 e. The first-order valence-electron chi connectivity index (χ1n) is 8.47. The molecule has 1 heterocycles. The predicted molar refractivity (Wildman–Crippen MR) is 91.4 cm³/mol. The van der Waals surface area contributed by atoms with Gasteiger partial charge in [0.25, 0.3) is 5.91 Å². The van der Waals surface area contributed by atoms with Gasteiger partial charge in [0.15, 0.2) is 0 Å². The molecule has 0 bridgehead atoms. The molecule has 1 aliphatic rings. The predicted octanol–water partition coefficient (Wildman–Crippen LogP) is 1.41. The second kappa shape index (κ2) is 8.47. The Kier molecular flexibility index (Phi) is 6.35. The Morgan fingerprint density at radius 3 is 2.71 bits per heavy atom. The Bertz CT molecular complexity index is 615. The summed E-state index contributed by atoms with van der Waals surface area (Å²) in [6, 6.07) is 7.30. The van der Waals surface area contributed by atoms with Crippen molar-refractivity contribution in [3.63, 3.8) is 0 Å². The topological polar surface area (TPSA) is 69.7 Å². The highest BCUT2D eigenvalue weighted by molar-refractivity contribution is 5.96. The number of hydrogen-bond acceptors (Lipinski definition) is 3. The minimum Gasteiger partial charge on any atom is -0.355 e. The molecular formula is C18H25N3O3. The molecule has 0 spiro atoms. The van der Waals surface area contributed by atoms with Crippen molar-refractivity contribution in [2.75, 3.05) is 26.2 Å². The van der Waals surface area contributed by atoms with Crippen molar-refractivity contribution in [2.45, 2.75) is 33.2 Å². The number of hydrogen-bond donors (Lipinski definition) is 1. The molecule has 1 saturated heterocycles. The molecule has 0 aromatic heterocycles. The number of carbonyl (C=O) groups is 3. The zero-order chi connectivity index (χ0) is 17.5. The lowest BCUT2D eigenvalue weighted by Gasteiger charge is -2.21. The van der Waals surface area contributed by atoms with Crippen molar-refractivity contribution in [3.8, 4) is 0 Å². The molecule has 130 valence electrons. The van der Waals surface area contributed by atoms with Gasteiger partial charge in [-0.1, -0.05) is 12.1 Å². The molecular weight excluding hydrogens is 306 g/mol. The molecule has 6 heteroatoms. The molecule has 1 aromatic rings. The van der Waals surface area contributed by atoms with Crippen LogP contribution in [0.5, 0.6) is 0 Å². The second-order valence-electron chi connectivity index (χ2n) is 5.89. The molecule has 1 fully saturated rings. The summed E-state index contributed by atoms with van der Waals surface area (Å²) in [6.45, 7) is 6.06. The number of benzene rings is 1. The van der Waals surface area contributed by atoms with E-state index >= 15 is 0 Å². The SMILES string of the molecule is CCNC(=O)CN(CC)C(=O)c1cccc(CN2CCCC2=O)c1. The average Bonchev–Trinajstić information content (AvgIpc) is 2.97. The van der Waals surface area contributed by atoms with Crippen LogP contribution in [0.4, 0.5) is 0 Å². The van der Waals surface area contributed by atoms with Crippen LogP contribution in [0, 0.1) is 0 Å². The van der Waals surface area contributed by atoms with Gasteiger partial charge in [-0.25, -0.2) is 0 Å². The number of nitrogens with zero attached hydrogens (tertiary/aromatic N) is 2. The van der Waals surface area contributed by atoms with Crippen LogP contribution in [-0.4, -0.2) is 53.7 Å². The second-order valence-corrected chi connectivity index (χ2v) is 5.89. The zero-order valence-corrected chi connectivity index (χ0v) is 14.4. The van der Waals surface area contributed by atoms with Gasteiger partial charge in [-0.15, -0.1) is 0 Å². The standard InChI is InChI=1S/C18H25N3O3/c1-3-19-16(22)13-20(4-2)18(24)15-8-5-7-14(11-15)12-21-10-6-9-17(21)23/h5,7-8,11H,3-4,6,9-10,12-13H2,1-2H3,(H,19,22). The number of likely N-dealkylation sites (tertiary alicyclic amines) is 1. The highest BCUT2D eigenvalue weighted by Crippen LogP contribution is 2.16. The number of nitrogens with one attached hydrogen (secondary N) is 1. The largest absolute Gasteiger partial charge is 0.355 e. The molecule has 0 saturated carbocycles. The molecule has 24 heavy (non-hydrogen) atoms. The van der Waals surface area contributed by atoms with E-state index in [1.54, 1.807) is 6.07 Å². The minimum absolute atomic E-state index is 0.0536. The van der Waals surface area contributed by atoms with Gasteiger partial charge < -0.3 is 15.1 Å². The van der Waals surface area contributed by atoms with Crippen molar-refractivity contribution < 1.29 is 14.4 Å². The van der Waals surface area contributed by atoms with Gasteiger partial charge in [0.1, 0.15) is 0 Å². The van der Waals surface area contributed by atoms with E-state index in [2.05, 4.69) is 5.32 Å². The summed E-state index contributed by atoms with van der Waals surface area (Å²) in [7, 11) is 0. The van der Waals surface area contributed by atoms with Crippen molar-refractivity contribution >= 4 is 17.7 Å². The van der Waals surface area contributed by atoms with Crippen LogP contribution in [0.1, 0.15) is 42.6 Å². The minimum atomic E-state index is -0.168. The van der Waals surface area contributed by atoms with E-state index in [-0.39, 0.29) is 24.3 Å². The first kappa shape index (κ1) is 18.0. The van der Waals surface area contributed by atoms with Crippen LogP contribution in [0.25, 0.3) is 0 Å². The Balaban J connectivity index is 2.06. The third-order valence-corrected chi connectivity index (χ3v) is 4.10. The summed E-state index contributed by atoms with van der Waals surface area (Å²) in [5.74, 6) is -0.164. The van der Waals surface area contributed by atoms with Crippen LogP contribution in [0.2, 0.25) is 0 Å². The highest BCUT2D eigenvalue weighted by Gasteiger charge is 2.21. The summed E-state index contributed by atoms with van der Waals surface area (Å²) in [5.41, 5.74) is 1.48. The average molecular weight is 331 g/mol. The van der Waals surface area contributed by atoms with Crippen molar-refractivity contribution in [1.29, 1.82) is 0 Å². The lowest BCUT2D eigenvalue weighted by Crippen LogP contribution is -2.40. The van der Waals surface area contributed by atoms with Gasteiger partial charge in [0.05, 0.1) is 6.54 Å². The van der Waals surface area contributed by atoms with Gasteiger partial charge >= 0.3 is 0 Å². The van der Waals surface area contributed by atoms with E-state index in [0.717, 1.165) is 18.5 Å². The van der Waals surface area contributed by atoms with Gasteiger partial charge in [0, 0.05) is 38.2 Å². The summed E-state index contributed by atoms with van der Waals surface area (Å²) in [4.78, 5) is 39.4. The van der Waals surface area contributed by atoms with E-state index in [0.29, 0.717) is 31.6 Å². The van der Waals surface area contributed by atoms with Crippen LogP contribution < -0.4 is 5.32 Å². The third kappa shape index (κ3) is 4.57. The van der Waals surface area contributed by atoms with Gasteiger partial charge in [-0.05, 0) is 38.0 Å². The summed E-state index contributed by atoms with van der Waals surface area (Å²) >= 11 is 0. The molecule has 0 atom stereocenters. The molecule has 1 N–H and O–H groups in total. The highest BCUT2D eigenvalue weighted by atomic mass is 16.2. The monoisotopic (exact) mass is 331 g/mol. The third-order valence-electron chi connectivity index (χ3n) is 4.10. The Labute approximate surface area is 142 Å². The summed E-state index contributed by atoms with van der Waals surface area (Å²) < 4.78 is 0. The fourth-order valence-corrected chi connectivity index (χ4v) is 2.83. The lowest BCUT2D eigenvalue weighted by molar-refractivity contribution is -0.128. The van der Waals surface area contributed by atoms with Crippen LogP contribution in [0.3, 0.4) is 0 Å². The first-order valence-corrected chi connectivity index (χ1v) is 8.47. The Hall–Kier alpha value is -2.37. The maximum atomic E-state index is 12.6. The van der Waals surface area contributed by atoms with E-state index < -0.39 is 0 Å². The number of likely N-dealkylation sites (N-methyl/N-ethyl adjacent to an activating group) is 2. The fraction of sp³-hybridized carbons (Fsp3) is 0.500. The fourth-order valence-electron chi connectivity index (χ4n) is 2.83. The molecule has 6 nitrogen and oxygen atoms in total. The van der Waals surface area contributed by atoms with Crippen molar-refractivity contribution in [1.82, 2.24) is 15.1 Å². The summed E-state index contributed by atoms with van der Waals surface area (Å²) in [5, 5.41) is 2.70. The zero-order valence-electron chi connectivity index (χ0n) is 14.4. The van der Waals surface area contributed by atoms with E-state index in [1.807, 2.05) is 36.9 Å². The molecule has 0 aliphatic carbocycles. The number of rotatable bonds is 7. The normalized spacial score (nSPS) is 13.9. The molecule has 1 aromatic carbocycles. The van der Waals surface area contributed by atoms with Gasteiger partial charge in [-0.2, -0.15) is 0 Å². The van der Waals surface area contributed by atoms with E-state index in [1.165, 1.54) is 4.90 Å². The van der Waals surface area contributed by atoms with Gasteiger partial charge in [0.2, 0.25) is 11.8 Å². The maximum absolute atomic E-state index is 12.6. The van der Waals surface area contributed by atoms with Gasteiger partial charge in [-0.3, -0.25) is 14.4 Å². The Morgan fingerprint density at radius 2 is 2.08 bits per heavy atom. The summed E-state index contributed by atoms with van der Waals surface area (Å²) in [6.07, 6.45) is 1.50. The Morgan fingerprint density at radius 1 is 1.29 bits per heavy atom. The molecule has 0 radical (unpaired) electrons. The van der Waals surface area contributed by atoms with Crippen molar-refractivity contribution in [3.05, 3.63) is 35.4 Å². The quantitative estimate of drug-likeness (QED) is 0.821. The first-order chi connectivity index (χ1) is 11.5. The molecule has 1 aliphatic heterocycles. The smallest absolute Gasteiger partial charge is 0.254 e. The molecule has 0 unspecified atom stereocenters. The van der Waals surface area contributed by atoms with Crippen LogP contribution >= 0.6 is 0 Å². The van der Waals surface area contributed by atoms with Crippen LogP contribution in [0.15, 0.2) is 24.3 Å². The molecule has 2 rings (SSSR count).